The van der Waals surface area contributed by atoms with Gasteiger partial charge in [-0.25, -0.2) is 0 Å². The van der Waals surface area contributed by atoms with Crippen molar-refractivity contribution in [3.8, 4) is 0 Å². The third kappa shape index (κ3) is 2.25. The summed E-state index contributed by atoms with van der Waals surface area (Å²) in [6, 6.07) is 7.90. The Morgan fingerprint density at radius 2 is 1.94 bits per heavy atom. The highest BCUT2D eigenvalue weighted by Gasteiger charge is 2.37. The molecule has 86 valence electrons. The van der Waals surface area contributed by atoms with Crippen molar-refractivity contribution in [1.82, 2.24) is 0 Å². The number of ether oxygens (including phenoxy) is 1. The van der Waals surface area contributed by atoms with E-state index in [-0.39, 0.29) is 12.4 Å². The maximum Gasteiger partial charge on any atom is 0.308 e. The molecule has 1 aromatic carbocycles. The van der Waals surface area contributed by atoms with Crippen molar-refractivity contribution in [3.05, 3.63) is 35.4 Å². The summed E-state index contributed by atoms with van der Waals surface area (Å²) < 4.78 is 4.87. The second-order valence-electron chi connectivity index (χ2n) is 4.33. The van der Waals surface area contributed by atoms with Crippen molar-refractivity contribution in [1.29, 1.82) is 0 Å². The molecule has 1 aliphatic carbocycles. The summed E-state index contributed by atoms with van der Waals surface area (Å²) in [6.07, 6.45) is 1.17. The van der Waals surface area contributed by atoms with Crippen molar-refractivity contribution < 1.29 is 14.6 Å². The number of carbonyl (C=O) groups is 1. The Hall–Kier alpha value is -1.35. The number of hydrogen-bond acceptors (Lipinski definition) is 3. The Labute approximate surface area is 95.0 Å². The Bertz CT molecular complexity index is 373. The van der Waals surface area contributed by atoms with Crippen LogP contribution < -0.4 is 0 Å². The minimum absolute atomic E-state index is 0.0789. The first kappa shape index (κ1) is 11.1. The number of aliphatic hydroxyl groups is 1. The monoisotopic (exact) mass is 220 g/mol. The smallest absolute Gasteiger partial charge is 0.308 e. The van der Waals surface area contributed by atoms with Crippen LogP contribution in [0.25, 0.3) is 0 Å². The van der Waals surface area contributed by atoms with Gasteiger partial charge >= 0.3 is 5.97 Å². The van der Waals surface area contributed by atoms with Gasteiger partial charge in [0, 0.05) is 12.8 Å². The molecular formula is C13H16O3. The van der Waals surface area contributed by atoms with E-state index in [9.17, 15) is 9.90 Å². The van der Waals surface area contributed by atoms with Crippen molar-refractivity contribution in [2.75, 3.05) is 6.61 Å². The van der Waals surface area contributed by atoms with Crippen LogP contribution in [0.3, 0.4) is 0 Å². The van der Waals surface area contributed by atoms with E-state index in [2.05, 4.69) is 0 Å². The summed E-state index contributed by atoms with van der Waals surface area (Å²) in [5, 5.41) is 10.3. The zero-order chi connectivity index (χ0) is 11.6. The molecule has 1 aromatic rings. The highest BCUT2D eigenvalue weighted by molar-refractivity contribution is 5.71. The standard InChI is InChI=1S/C13H16O3/c1-2-16-12(14)9-13(15)7-10-5-3-4-6-11(10)8-13/h3-6,15H,2,7-9H2,1H3. The summed E-state index contributed by atoms with van der Waals surface area (Å²) in [6.45, 7) is 2.13. The molecular weight excluding hydrogens is 204 g/mol. The Balaban J connectivity index is 2.06. The predicted molar refractivity (Wildman–Crippen MR) is 60.0 cm³/mol. The molecule has 1 N–H and O–H groups in total. The first-order valence-electron chi connectivity index (χ1n) is 5.58. The van der Waals surface area contributed by atoms with Gasteiger partial charge in [0.2, 0.25) is 0 Å². The van der Waals surface area contributed by atoms with Gasteiger partial charge in [-0.05, 0) is 18.1 Å². The van der Waals surface area contributed by atoms with Gasteiger partial charge in [0.1, 0.15) is 0 Å². The number of hydrogen-bond donors (Lipinski definition) is 1. The minimum atomic E-state index is -0.948. The molecule has 0 bridgehead atoms. The molecule has 0 aromatic heterocycles. The summed E-state index contributed by atoms with van der Waals surface area (Å²) >= 11 is 0. The maximum absolute atomic E-state index is 11.4. The number of rotatable bonds is 3. The average Bonchev–Trinajstić information content (AvgIpc) is 2.53. The van der Waals surface area contributed by atoms with E-state index >= 15 is 0 Å². The fraction of sp³-hybridized carbons (Fsp3) is 0.462. The molecule has 0 saturated heterocycles. The first-order chi connectivity index (χ1) is 7.63. The van der Waals surface area contributed by atoms with Crippen LogP contribution >= 0.6 is 0 Å². The van der Waals surface area contributed by atoms with E-state index < -0.39 is 5.60 Å². The van der Waals surface area contributed by atoms with E-state index in [1.807, 2.05) is 24.3 Å². The van der Waals surface area contributed by atoms with E-state index in [1.54, 1.807) is 6.92 Å². The van der Waals surface area contributed by atoms with E-state index in [1.165, 1.54) is 0 Å². The fourth-order valence-electron chi connectivity index (χ4n) is 2.28. The second kappa shape index (κ2) is 4.26. The topological polar surface area (TPSA) is 46.5 Å². The summed E-state index contributed by atoms with van der Waals surface area (Å²) in [7, 11) is 0. The lowest BCUT2D eigenvalue weighted by molar-refractivity contribution is -0.148. The average molecular weight is 220 g/mol. The molecule has 2 rings (SSSR count). The van der Waals surface area contributed by atoms with Crippen LogP contribution in [0.4, 0.5) is 0 Å². The summed E-state index contributed by atoms with van der Waals surface area (Å²) in [5.74, 6) is -0.321. The van der Waals surface area contributed by atoms with Crippen molar-refractivity contribution in [2.45, 2.75) is 31.8 Å². The number of esters is 1. The lowest BCUT2D eigenvalue weighted by atomic mass is 9.96. The quantitative estimate of drug-likeness (QED) is 0.785. The summed E-state index contributed by atoms with van der Waals surface area (Å²) in [5.41, 5.74) is 1.32. The van der Waals surface area contributed by atoms with Gasteiger partial charge in [-0.15, -0.1) is 0 Å². The van der Waals surface area contributed by atoms with Crippen molar-refractivity contribution >= 4 is 5.97 Å². The minimum Gasteiger partial charge on any atom is -0.466 e. The molecule has 0 heterocycles. The Kier molecular flexibility index (Phi) is 2.97. The Morgan fingerprint density at radius 1 is 1.38 bits per heavy atom. The SMILES string of the molecule is CCOC(=O)CC1(O)Cc2ccccc2C1. The molecule has 0 fully saturated rings. The molecule has 3 heteroatoms. The van der Waals surface area contributed by atoms with Crippen LogP contribution in [0.1, 0.15) is 24.5 Å². The Morgan fingerprint density at radius 3 is 2.44 bits per heavy atom. The molecule has 0 aliphatic heterocycles. The third-order valence-electron chi connectivity index (χ3n) is 2.94. The number of benzene rings is 1. The molecule has 0 atom stereocenters. The third-order valence-corrected chi connectivity index (χ3v) is 2.94. The number of carbonyl (C=O) groups excluding carboxylic acids is 1. The zero-order valence-corrected chi connectivity index (χ0v) is 9.40. The largest absolute Gasteiger partial charge is 0.466 e. The van der Waals surface area contributed by atoms with Crippen LogP contribution in [0, 0.1) is 0 Å². The highest BCUT2D eigenvalue weighted by Crippen LogP contribution is 2.32. The van der Waals surface area contributed by atoms with E-state index in [4.69, 9.17) is 4.74 Å². The maximum atomic E-state index is 11.4. The van der Waals surface area contributed by atoms with Gasteiger partial charge in [0.15, 0.2) is 0 Å². The molecule has 0 spiro atoms. The second-order valence-corrected chi connectivity index (χ2v) is 4.33. The molecule has 0 amide bonds. The van der Waals surface area contributed by atoms with Gasteiger partial charge in [-0.3, -0.25) is 4.79 Å². The van der Waals surface area contributed by atoms with Crippen molar-refractivity contribution in [3.63, 3.8) is 0 Å². The highest BCUT2D eigenvalue weighted by atomic mass is 16.5. The van der Waals surface area contributed by atoms with Gasteiger partial charge in [-0.1, -0.05) is 24.3 Å². The fourth-order valence-corrected chi connectivity index (χ4v) is 2.28. The van der Waals surface area contributed by atoms with E-state index in [0.717, 1.165) is 11.1 Å². The zero-order valence-electron chi connectivity index (χ0n) is 9.40. The van der Waals surface area contributed by atoms with Gasteiger partial charge in [-0.2, -0.15) is 0 Å². The lowest BCUT2D eigenvalue weighted by Crippen LogP contribution is -2.33. The van der Waals surface area contributed by atoms with Crippen LogP contribution in [0.5, 0.6) is 0 Å². The molecule has 3 nitrogen and oxygen atoms in total. The first-order valence-corrected chi connectivity index (χ1v) is 5.58. The summed E-state index contributed by atoms with van der Waals surface area (Å²) in [4.78, 5) is 11.4. The normalized spacial score (nSPS) is 16.9. The van der Waals surface area contributed by atoms with Gasteiger partial charge in [0.05, 0.1) is 18.6 Å². The predicted octanol–water partition coefficient (Wildman–Crippen LogP) is 1.47. The molecule has 1 aliphatic rings. The van der Waals surface area contributed by atoms with Crippen LogP contribution in [0.15, 0.2) is 24.3 Å². The van der Waals surface area contributed by atoms with Crippen molar-refractivity contribution in [2.24, 2.45) is 0 Å². The molecule has 16 heavy (non-hydrogen) atoms. The van der Waals surface area contributed by atoms with Crippen LogP contribution in [0.2, 0.25) is 0 Å². The van der Waals surface area contributed by atoms with E-state index in [0.29, 0.717) is 19.4 Å². The number of fused-ring (bicyclic) bond motifs is 1. The van der Waals surface area contributed by atoms with Gasteiger partial charge < -0.3 is 9.84 Å². The molecule has 0 unspecified atom stereocenters. The van der Waals surface area contributed by atoms with Crippen LogP contribution in [-0.4, -0.2) is 23.3 Å². The molecule has 0 radical (unpaired) electrons. The lowest BCUT2D eigenvalue weighted by Gasteiger charge is -2.20. The molecule has 0 saturated carbocycles. The van der Waals surface area contributed by atoms with Crippen LogP contribution in [-0.2, 0) is 22.4 Å². The van der Waals surface area contributed by atoms with Gasteiger partial charge in [0.25, 0.3) is 0 Å².